The number of carbonyl (C=O) groups is 3. The highest BCUT2D eigenvalue weighted by Crippen LogP contribution is 2.04. The minimum Gasteiger partial charge on any atom is -0.361 e. The predicted molar refractivity (Wildman–Crippen MR) is 56.4 cm³/mol. The maximum atomic E-state index is 11.6. The fourth-order valence-corrected chi connectivity index (χ4v) is 1.54. The van der Waals surface area contributed by atoms with Gasteiger partial charge in [-0.15, -0.1) is 0 Å². The largest absolute Gasteiger partial charge is 0.361 e. The molecule has 0 atom stereocenters. The van der Waals surface area contributed by atoms with Crippen molar-refractivity contribution < 1.29 is 14.4 Å². The Labute approximate surface area is 93.8 Å². The third-order valence-electron chi connectivity index (χ3n) is 2.43. The number of primary amides is 1. The van der Waals surface area contributed by atoms with Gasteiger partial charge in [0.25, 0.3) is 0 Å². The summed E-state index contributed by atoms with van der Waals surface area (Å²) < 4.78 is 0. The number of hydrogen-bond acceptors (Lipinski definition) is 3. The SMILES string of the molecule is CN(C)C(=O)N1CCN(C(=O)C(N)=O)CC1. The first-order valence-electron chi connectivity index (χ1n) is 4.98. The van der Waals surface area contributed by atoms with Crippen molar-refractivity contribution in [3.05, 3.63) is 0 Å². The van der Waals surface area contributed by atoms with Gasteiger partial charge < -0.3 is 20.4 Å². The molecular weight excluding hydrogens is 212 g/mol. The average Bonchev–Trinajstić information content (AvgIpc) is 2.27. The summed E-state index contributed by atoms with van der Waals surface area (Å²) in [4.78, 5) is 37.9. The second-order valence-electron chi connectivity index (χ2n) is 3.82. The Bertz CT molecular complexity index is 308. The zero-order valence-corrected chi connectivity index (χ0v) is 9.47. The quantitative estimate of drug-likeness (QED) is 0.501. The summed E-state index contributed by atoms with van der Waals surface area (Å²) in [5, 5.41) is 0. The minimum absolute atomic E-state index is 0.0915. The maximum Gasteiger partial charge on any atom is 0.319 e. The van der Waals surface area contributed by atoms with Crippen molar-refractivity contribution in [2.45, 2.75) is 0 Å². The zero-order valence-electron chi connectivity index (χ0n) is 9.47. The van der Waals surface area contributed by atoms with Gasteiger partial charge in [0.15, 0.2) is 0 Å². The van der Waals surface area contributed by atoms with E-state index in [9.17, 15) is 14.4 Å². The maximum absolute atomic E-state index is 11.6. The normalized spacial score (nSPS) is 15.9. The first-order chi connectivity index (χ1) is 7.43. The number of rotatable bonds is 0. The van der Waals surface area contributed by atoms with E-state index >= 15 is 0 Å². The van der Waals surface area contributed by atoms with Crippen LogP contribution >= 0.6 is 0 Å². The number of carbonyl (C=O) groups excluding carboxylic acids is 3. The van der Waals surface area contributed by atoms with Crippen LogP contribution in [0, 0.1) is 0 Å². The Morgan fingerprint density at radius 1 is 1.00 bits per heavy atom. The van der Waals surface area contributed by atoms with Crippen molar-refractivity contribution in [1.29, 1.82) is 0 Å². The van der Waals surface area contributed by atoms with Crippen LogP contribution in [0.3, 0.4) is 0 Å². The molecule has 1 fully saturated rings. The highest BCUT2D eigenvalue weighted by molar-refractivity contribution is 6.34. The molecule has 0 bridgehead atoms. The Hall–Kier alpha value is -1.79. The van der Waals surface area contributed by atoms with Crippen LogP contribution in [0.1, 0.15) is 0 Å². The Kier molecular flexibility index (Phi) is 3.70. The molecule has 0 radical (unpaired) electrons. The van der Waals surface area contributed by atoms with Crippen LogP contribution in [0.15, 0.2) is 0 Å². The van der Waals surface area contributed by atoms with Crippen LogP contribution in [-0.2, 0) is 9.59 Å². The van der Waals surface area contributed by atoms with Gasteiger partial charge in [0, 0.05) is 40.3 Å². The van der Waals surface area contributed by atoms with Crippen molar-refractivity contribution in [2.75, 3.05) is 40.3 Å². The molecule has 7 nitrogen and oxygen atoms in total. The molecule has 1 aliphatic heterocycles. The predicted octanol–water partition coefficient (Wildman–Crippen LogP) is -1.70. The van der Waals surface area contributed by atoms with Gasteiger partial charge in [-0.2, -0.15) is 0 Å². The van der Waals surface area contributed by atoms with Gasteiger partial charge in [-0.25, -0.2) is 4.79 Å². The molecule has 0 aromatic heterocycles. The number of amides is 4. The molecule has 90 valence electrons. The summed E-state index contributed by atoms with van der Waals surface area (Å²) in [7, 11) is 3.34. The highest BCUT2D eigenvalue weighted by atomic mass is 16.2. The number of urea groups is 1. The molecule has 1 aliphatic rings. The molecule has 16 heavy (non-hydrogen) atoms. The Morgan fingerprint density at radius 3 is 1.81 bits per heavy atom. The average molecular weight is 228 g/mol. The van der Waals surface area contributed by atoms with Crippen LogP contribution in [0.25, 0.3) is 0 Å². The van der Waals surface area contributed by atoms with Crippen molar-refractivity contribution in [3.63, 3.8) is 0 Å². The molecule has 0 saturated carbocycles. The lowest BCUT2D eigenvalue weighted by atomic mass is 10.3. The van der Waals surface area contributed by atoms with Crippen LogP contribution in [0.2, 0.25) is 0 Å². The molecule has 2 N–H and O–H groups in total. The second-order valence-corrected chi connectivity index (χ2v) is 3.82. The third-order valence-corrected chi connectivity index (χ3v) is 2.43. The molecule has 1 heterocycles. The first-order valence-corrected chi connectivity index (χ1v) is 4.98. The van der Waals surface area contributed by atoms with E-state index in [1.807, 2.05) is 0 Å². The van der Waals surface area contributed by atoms with Crippen LogP contribution in [-0.4, -0.2) is 72.8 Å². The number of piperazine rings is 1. The molecule has 1 saturated heterocycles. The highest BCUT2D eigenvalue weighted by Gasteiger charge is 2.26. The zero-order chi connectivity index (χ0) is 12.3. The van der Waals surface area contributed by atoms with Crippen molar-refractivity contribution in [2.24, 2.45) is 5.73 Å². The summed E-state index contributed by atoms with van der Waals surface area (Å²) in [6, 6.07) is -0.0915. The summed E-state index contributed by atoms with van der Waals surface area (Å²) in [6.45, 7) is 1.55. The topological polar surface area (TPSA) is 87.0 Å². The lowest BCUT2D eigenvalue weighted by molar-refractivity contribution is -0.145. The van der Waals surface area contributed by atoms with Crippen LogP contribution in [0.5, 0.6) is 0 Å². The van der Waals surface area contributed by atoms with Crippen molar-refractivity contribution in [3.8, 4) is 0 Å². The van der Waals surface area contributed by atoms with Crippen molar-refractivity contribution in [1.82, 2.24) is 14.7 Å². The van der Waals surface area contributed by atoms with Crippen LogP contribution < -0.4 is 5.73 Å². The lowest BCUT2D eigenvalue weighted by Crippen LogP contribution is -2.54. The molecule has 0 aliphatic carbocycles. The Balaban J connectivity index is 2.49. The number of hydrogen-bond donors (Lipinski definition) is 1. The van der Waals surface area contributed by atoms with Crippen LogP contribution in [0.4, 0.5) is 4.79 Å². The first kappa shape index (κ1) is 12.3. The summed E-state index contributed by atoms with van der Waals surface area (Å²) >= 11 is 0. The van der Waals surface area contributed by atoms with E-state index in [2.05, 4.69) is 0 Å². The summed E-state index contributed by atoms with van der Waals surface area (Å²) in [5.74, 6) is -1.63. The third kappa shape index (κ3) is 2.62. The van der Waals surface area contributed by atoms with Gasteiger partial charge in [-0.3, -0.25) is 9.59 Å². The molecule has 0 unspecified atom stereocenters. The molecule has 7 heteroatoms. The van der Waals surface area contributed by atoms with E-state index in [0.717, 1.165) is 0 Å². The van der Waals surface area contributed by atoms with E-state index in [1.54, 1.807) is 19.0 Å². The monoisotopic (exact) mass is 228 g/mol. The van der Waals surface area contributed by atoms with Gasteiger partial charge in [0.1, 0.15) is 0 Å². The Morgan fingerprint density at radius 2 is 1.44 bits per heavy atom. The molecule has 0 aromatic carbocycles. The minimum atomic E-state index is -0.951. The van der Waals surface area contributed by atoms with E-state index in [-0.39, 0.29) is 6.03 Å². The van der Waals surface area contributed by atoms with E-state index in [4.69, 9.17) is 5.73 Å². The van der Waals surface area contributed by atoms with Gasteiger partial charge in [-0.05, 0) is 0 Å². The number of nitrogens with zero attached hydrogens (tertiary/aromatic N) is 3. The fourth-order valence-electron chi connectivity index (χ4n) is 1.54. The van der Waals surface area contributed by atoms with Gasteiger partial charge in [0.05, 0.1) is 0 Å². The standard InChI is InChI=1S/C9H16N4O3/c1-11(2)9(16)13-5-3-12(4-6-13)8(15)7(10)14/h3-6H2,1-2H3,(H2,10,14). The van der Waals surface area contributed by atoms with E-state index in [1.165, 1.54) is 9.80 Å². The molecule has 0 aromatic rings. The van der Waals surface area contributed by atoms with E-state index < -0.39 is 11.8 Å². The summed E-state index contributed by atoms with van der Waals surface area (Å²) in [6.07, 6.45) is 0. The lowest BCUT2D eigenvalue weighted by Gasteiger charge is -2.35. The molecular formula is C9H16N4O3. The van der Waals surface area contributed by atoms with Gasteiger partial charge >= 0.3 is 17.8 Å². The second kappa shape index (κ2) is 4.82. The van der Waals surface area contributed by atoms with Gasteiger partial charge in [0.2, 0.25) is 0 Å². The molecule has 1 rings (SSSR count). The fraction of sp³-hybridized carbons (Fsp3) is 0.667. The summed E-state index contributed by atoms with van der Waals surface area (Å²) in [5.41, 5.74) is 4.89. The van der Waals surface area contributed by atoms with Gasteiger partial charge in [-0.1, -0.05) is 0 Å². The number of nitrogens with two attached hydrogens (primary N) is 1. The van der Waals surface area contributed by atoms with E-state index in [0.29, 0.717) is 26.2 Å². The molecule has 4 amide bonds. The smallest absolute Gasteiger partial charge is 0.319 e. The molecule has 0 spiro atoms. The van der Waals surface area contributed by atoms with Crippen molar-refractivity contribution >= 4 is 17.8 Å².